The molecule has 3 aliphatic heterocycles. The number of nitrogens with zero attached hydrogens (tertiary/aromatic N) is 5. The van der Waals surface area contributed by atoms with E-state index in [4.69, 9.17) is 22.3 Å². The van der Waals surface area contributed by atoms with Gasteiger partial charge in [0.2, 0.25) is 5.91 Å². The van der Waals surface area contributed by atoms with Crippen LogP contribution in [0.15, 0.2) is 34.9 Å². The normalized spacial score (nSPS) is 24.2. The molecule has 244 valence electrons. The molecule has 4 aliphatic rings. The minimum absolute atomic E-state index is 0.0145. The summed E-state index contributed by atoms with van der Waals surface area (Å²) in [7, 11) is 0. The van der Waals surface area contributed by atoms with E-state index in [1.165, 1.54) is 22.4 Å². The minimum atomic E-state index is -0.353. The van der Waals surface area contributed by atoms with Crippen molar-refractivity contribution < 1.29 is 9.59 Å². The summed E-state index contributed by atoms with van der Waals surface area (Å²) in [5.41, 5.74) is 10.6. The Morgan fingerprint density at radius 3 is 2.36 bits per heavy atom. The van der Waals surface area contributed by atoms with Crippen LogP contribution in [0.5, 0.6) is 0 Å². The van der Waals surface area contributed by atoms with E-state index < -0.39 is 0 Å². The quantitative estimate of drug-likeness (QED) is 0.431. The third-order valence-corrected chi connectivity index (χ3v) is 11.5. The fourth-order valence-electron chi connectivity index (χ4n) is 8.19. The molecule has 2 aromatic rings. The number of piperidine rings is 2. The van der Waals surface area contributed by atoms with Crippen molar-refractivity contribution in [2.24, 2.45) is 17.1 Å². The maximum Gasteiger partial charge on any atom is 0.314 e. The first kappa shape index (κ1) is 32.7. The summed E-state index contributed by atoms with van der Waals surface area (Å²) >= 11 is 10.1. The molecule has 10 heteroatoms. The molecule has 3 fully saturated rings. The summed E-state index contributed by atoms with van der Waals surface area (Å²) in [5, 5.41) is 0.797. The summed E-state index contributed by atoms with van der Waals surface area (Å²) in [6.45, 7) is 12.8. The maximum atomic E-state index is 13.7. The molecule has 1 aromatic carbocycles. The van der Waals surface area contributed by atoms with Gasteiger partial charge in [-0.1, -0.05) is 38.4 Å². The van der Waals surface area contributed by atoms with E-state index in [1.54, 1.807) is 4.90 Å². The van der Waals surface area contributed by atoms with Gasteiger partial charge in [0.25, 0.3) is 0 Å². The molecular formula is C35H48BrClN6O2. The van der Waals surface area contributed by atoms with Crippen molar-refractivity contribution in [3.63, 3.8) is 0 Å². The van der Waals surface area contributed by atoms with Crippen LogP contribution >= 0.6 is 27.5 Å². The predicted molar refractivity (Wildman–Crippen MR) is 182 cm³/mol. The molecule has 0 spiro atoms. The summed E-state index contributed by atoms with van der Waals surface area (Å²) in [4.78, 5) is 39.4. The Hall–Kier alpha value is -2.20. The van der Waals surface area contributed by atoms with Crippen molar-refractivity contribution in [2.75, 3.05) is 45.8 Å². The Labute approximate surface area is 281 Å². The van der Waals surface area contributed by atoms with Gasteiger partial charge in [0, 0.05) is 80.0 Å². The lowest BCUT2D eigenvalue weighted by Gasteiger charge is -2.51. The van der Waals surface area contributed by atoms with E-state index in [2.05, 4.69) is 69.6 Å². The van der Waals surface area contributed by atoms with Crippen LogP contribution < -0.4 is 5.73 Å². The number of primary amides is 1. The molecule has 8 nitrogen and oxygen atoms in total. The number of urea groups is 1. The summed E-state index contributed by atoms with van der Waals surface area (Å²) in [6.07, 6.45) is 8.35. The number of nitrogens with two attached hydrogens (primary N) is 1. The van der Waals surface area contributed by atoms with Crippen LogP contribution in [0.1, 0.15) is 81.3 Å². The number of benzene rings is 1. The number of halogens is 2. The summed E-state index contributed by atoms with van der Waals surface area (Å²) < 4.78 is 1.03. The van der Waals surface area contributed by atoms with E-state index in [0.717, 1.165) is 80.7 Å². The van der Waals surface area contributed by atoms with Crippen LogP contribution in [0, 0.1) is 11.3 Å². The second kappa shape index (κ2) is 13.5. The smallest absolute Gasteiger partial charge is 0.314 e. The summed E-state index contributed by atoms with van der Waals surface area (Å²) in [6, 6.07) is 9.11. The van der Waals surface area contributed by atoms with E-state index in [0.29, 0.717) is 31.5 Å². The van der Waals surface area contributed by atoms with Crippen molar-refractivity contribution in [2.45, 2.75) is 83.8 Å². The van der Waals surface area contributed by atoms with Crippen molar-refractivity contribution in [1.29, 1.82) is 0 Å². The number of carbonyl (C=O) groups is 2. The highest BCUT2D eigenvalue weighted by molar-refractivity contribution is 9.10. The Morgan fingerprint density at radius 2 is 1.67 bits per heavy atom. The van der Waals surface area contributed by atoms with Crippen LogP contribution in [0.3, 0.4) is 0 Å². The topological polar surface area (TPSA) is 86.0 Å². The zero-order chi connectivity index (χ0) is 31.9. The fourth-order valence-corrected chi connectivity index (χ4v) is 8.76. The standard InChI is InChI=1S/C35H48BrClN6O2/c1-35(2,3)30-22-42(16-17-43(30)31(44)18-23-8-12-41(13-9-23)34(38)45)28-10-14-40(15-11-28)33-29-7-6-27(37)20-24(29)4-5-25-19-26(36)21-39-32(25)33/h6-7,19-21,23,28,30,33H,4-5,8-18,22H2,1-3H3,(H2,38,45)/t30-,33?/m1/s1. The van der Waals surface area contributed by atoms with E-state index in [9.17, 15) is 9.59 Å². The second-order valence-corrected chi connectivity index (χ2v) is 16.0. The van der Waals surface area contributed by atoms with E-state index >= 15 is 0 Å². The monoisotopic (exact) mass is 698 g/mol. The minimum Gasteiger partial charge on any atom is -0.351 e. The van der Waals surface area contributed by atoms with Crippen LogP contribution in [0.25, 0.3) is 0 Å². The van der Waals surface area contributed by atoms with Crippen molar-refractivity contribution in [3.8, 4) is 0 Å². The molecule has 0 saturated carbocycles. The molecule has 1 aromatic heterocycles. The van der Waals surface area contributed by atoms with Gasteiger partial charge in [-0.2, -0.15) is 0 Å². The number of aromatic nitrogens is 1. The molecular weight excluding hydrogens is 652 g/mol. The average Bonchev–Trinajstić information content (AvgIpc) is 3.17. The number of piperazine rings is 1. The highest BCUT2D eigenvalue weighted by Gasteiger charge is 2.41. The van der Waals surface area contributed by atoms with Gasteiger partial charge in [0.1, 0.15) is 0 Å². The zero-order valence-corrected chi connectivity index (χ0v) is 29.3. The number of amides is 3. The molecule has 0 bridgehead atoms. The predicted octanol–water partition coefficient (Wildman–Crippen LogP) is 5.89. The lowest BCUT2D eigenvalue weighted by molar-refractivity contribution is -0.142. The van der Waals surface area contributed by atoms with Gasteiger partial charge in [0.05, 0.1) is 11.7 Å². The van der Waals surface area contributed by atoms with Gasteiger partial charge >= 0.3 is 6.03 Å². The molecule has 2 atom stereocenters. The van der Waals surface area contributed by atoms with Gasteiger partial charge in [-0.05, 0) is 101 Å². The van der Waals surface area contributed by atoms with Gasteiger partial charge in [-0.3, -0.25) is 19.6 Å². The maximum absolute atomic E-state index is 13.7. The van der Waals surface area contributed by atoms with Crippen LogP contribution in [0.4, 0.5) is 4.79 Å². The van der Waals surface area contributed by atoms with Crippen LogP contribution in [-0.4, -0.2) is 94.4 Å². The molecule has 6 rings (SSSR count). The van der Waals surface area contributed by atoms with Crippen molar-refractivity contribution in [3.05, 3.63) is 62.3 Å². The number of fused-ring (bicyclic) bond motifs is 2. The van der Waals surface area contributed by atoms with Crippen molar-refractivity contribution >= 4 is 39.5 Å². The van der Waals surface area contributed by atoms with Gasteiger partial charge in [0.15, 0.2) is 0 Å². The molecule has 1 unspecified atom stereocenters. The first-order chi connectivity index (χ1) is 21.5. The largest absolute Gasteiger partial charge is 0.351 e. The molecule has 45 heavy (non-hydrogen) atoms. The van der Waals surface area contributed by atoms with Crippen LogP contribution in [0.2, 0.25) is 5.02 Å². The highest BCUT2D eigenvalue weighted by Crippen LogP contribution is 2.40. The molecule has 0 radical (unpaired) electrons. The lowest BCUT2D eigenvalue weighted by Crippen LogP contribution is -2.62. The Balaban J connectivity index is 1.12. The molecule has 2 N–H and O–H groups in total. The Bertz CT molecular complexity index is 1350. The second-order valence-electron chi connectivity index (χ2n) is 14.6. The molecule has 4 heterocycles. The number of aryl methyl sites for hydroxylation is 2. The molecule has 3 saturated heterocycles. The van der Waals surface area contributed by atoms with Gasteiger partial charge < -0.3 is 15.5 Å². The van der Waals surface area contributed by atoms with Crippen molar-refractivity contribution in [1.82, 2.24) is 24.6 Å². The van der Waals surface area contributed by atoms with Crippen LogP contribution in [-0.2, 0) is 17.6 Å². The number of pyridine rings is 1. The number of carbonyl (C=O) groups excluding carboxylic acids is 2. The number of hydrogen-bond donors (Lipinski definition) is 1. The molecule has 1 aliphatic carbocycles. The third kappa shape index (κ3) is 7.21. The average molecular weight is 700 g/mol. The Kier molecular flexibility index (Phi) is 9.82. The zero-order valence-electron chi connectivity index (χ0n) is 27.0. The Morgan fingerprint density at radius 1 is 0.956 bits per heavy atom. The first-order valence-corrected chi connectivity index (χ1v) is 17.9. The van der Waals surface area contributed by atoms with E-state index in [-0.39, 0.29) is 29.4 Å². The lowest BCUT2D eigenvalue weighted by atomic mass is 9.82. The third-order valence-electron chi connectivity index (χ3n) is 10.8. The molecule has 3 amide bonds. The highest BCUT2D eigenvalue weighted by atomic mass is 79.9. The van der Waals surface area contributed by atoms with Gasteiger partial charge in [-0.25, -0.2) is 4.79 Å². The van der Waals surface area contributed by atoms with Gasteiger partial charge in [-0.15, -0.1) is 0 Å². The fraction of sp³-hybridized carbons (Fsp3) is 0.629. The van der Waals surface area contributed by atoms with E-state index in [1.807, 2.05) is 12.3 Å². The summed E-state index contributed by atoms with van der Waals surface area (Å²) in [5.74, 6) is 0.591. The number of likely N-dealkylation sites (tertiary alicyclic amines) is 2. The SMILES string of the molecule is CC(C)(C)[C@H]1CN(C2CCN(C3c4ccc(Cl)cc4CCc4cc(Br)cnc43)CC2)CCN1C(=O)CC1CCN(C(N)=O)CC1. The number of rotatable bonds is 4. The first-order valence-electron chi connectivity index (χ1n) is 16.7. The number of hydrogen-bond acceptors (Lipinski definition) is 5.